The van der Waals surface area contributed by atoms with Crippen molar-refractivity contribution in [2.24, 2.45) is 0 Å². The second kappa shape index (κ2) is 5.59. The highest BCUT2D eigenvalue weighted by Gasteiger charge is 2.14. The molecule has 0 aliphatic heterocycles. The maximum atomic E-state index is 13.8. The normalized spacial score (nSPS) is 10.1. The van der Waals surface area contributed by atoms with Gasteiger partial charge in [0.2, 0.25) is 0 Å². The molecule has 0 radical (unpaired) electrons. The van der Waals surface area contributed by atoms with Gasteiger partial charge in [-0.1, -0.05) is 0 Å². The molecule has 106 valence electrons. The van der Waals surface area contributed by atoms with Gasteiger partial charge in [0.05, 0.1) is 18.2 Å². The zero-order valence-electron chi connectivity index (χ0n) is 11.1. The molecule has 6 heteroatoms. The quantitative estimate of drug-likeness (QED) is 0.934. The lowest BCUT2D eigenvalue weighted by molar-refractivity contribution is 0.0694. The number of halogens is 1. The van der Waals surface area contributed by atoms with Gasteiger partial charge in [0, 0.05) is 11.3 Å². The summed E-state index contributed by atoms with van der Waals surface area (Å²) in [6.07, 6.45) is 0. The molecule has 0 unspecified atom stereocenters. The van der Waals surface area contributed by atoms with Gasteiger partial charge in [-0.3, -0.25) is 4.79 Å². The number of carboxylic acid groups (broad SMARTS) is 1. The molecule has 0 spiro atoms. The minimum atomic E-state index is -1.33. The van der Waals surface area contributed by atoms with Gasteiger partial charge in [-0.2, -0.15) is 5.26 Å². The summed E-state index contributed by atoms with van der Waals surface area (Å²) >= 11 is 0. The van der Waals surface area contributed by atoms with Crippen LogP contribution < -0.4 is 5.56 Å². The molecule has 0 amide bonds. The van der Waals surface area contributed by atoms with Crippen molar-refractivity contribution in [3.63, 3.8) is 0 Å². The van der Waals surface area contributed by atoms with Crippen molar-refractivity contribution in [1.29, 1.82) is 5.26 Å². The number of hydrogen-bond acceptors (Lipinski definition) is 3. The number of nitriles is 1. The number of carboxylic acids is 1. The van der Waals surface area contributed by atoms with Gasteiger partial charge in [-0.25, -0.2) is 9.18 Å². The monoisotopic (exact) mass is 286 g/mol. The van der Waals surface area contributed by atoms with Crippen molar-refractivity contribution in [3.05, 3.63) is 68.9 Å². The Balaban J connectivity index is 2.55. The highest BCUT2D eigenvalue weighted by atomic mass is 19.1. The lowest BCUT2D eigenvalue weighted by atomic mass is 10.1. The number of nitrogens with zero attached hydrogens (tertiary/aromatic N) is 2. The first-order valence-corrected chi connectivity index (χ1v) is 6.06. The Bertz CT molecular complexity index is 819. The average Bonchev–Trinajstić information content (AvgIpc) is 2.44. The molecule has 0 aliphatic rings. The van der Waals surface area contributed by atoms with Crippen LogP contribution in [-0.2, 0) is 6.54 Å². The molecule has 0 fully saturated rings. The molecule has 2 aromatic rings. The van der Waals surface area contributed by atoms with Crippen LogP contribution >= 0.6 is 0 Å². The number of benzene rings is 1. The van der Waals surface area contributed by atoms with Crippen LogP contribution in [0.25, 0.3) is 0 Å². The third-order valence-electron chi connectivity index (χ3n) is 3.13. The molecule has 0 aliphatic carbocycles. The molecule has 2 rings (SSSR count). The standard InChI is InChI=1S/C15H11FN2O3/c1-9-2-4-12(15(20)21)14(19)18(9)8-11-6-10(7-17)3-5-13(11)16/h2-6H,8H2,1H3,(H,20,21). The summed E-state index contributed by atoms with van der Waals surface area (Å²) in [5, 5.41) is 17.8. The Labute approximate surface area is 119 Å². The largest absolute Gasteiger partial charge is 0.477 e. The summed E-state index contributed by atoms with van der Waals surface area (Å²) in [6.45, 7) is 1.49. The molecule has 0 atom stereocenters. The first-order valence-electron chi connectivity index (χ1n) is 6.06. The van der Waals surface area contributed by atoms with E-state index in [4.69, 9.17) is 10.4 Å². The fourth-order valence-electron chi connectivity index (χ4n) is 1.97. The maximum Gasteiger partial charge on any atom is 0.341 e. The lowest BCUT2D eigenvalue weighted by Gasteiger charge is -2.11. The van der Waals surface area contributed by atoms with Gasteiger partial charge in [0.1, 0.15) is 11.4 Å². The fraction of sp³-hybridized carbons (Fsp3) is 0.133. The third kappa shape index (κ3) is 2.82. The number of carbonyl (C=O) groups is 1. The Morgan fingerprint density at radius 3 is 2.71 bits per heavy atom. The number of pyridine rings is 1. The van der Waals surface area contributed by atoms with E-state index in [1.54, 1.807) is 6.92 Å². The van der Waals surface area contributed by atoms with Gasteiger partial charge in [-0.05, 0) is 37.3 Å². The number of hydrogen-bond donors (Lipinski definition) is 1. The van der Waals surface area contributed by atoms with E-state index in [2.05, 4.69) is 0 Å². The summed E-state index contributed by atoms with van der Waals surface area (Å²) in [6, 6.07) is 8.42. The molecule has 0 saturated carbocycles. The smallest absolute Gasteiger partial charge is 0.341 e. The van der Waals surface area contributed by atoms with E-state index in [1.165, 1.54) is 28.8 Å². The number of rotatable bonds is 3. The van der Waals surface area contributed by atoms with E-state index in [0.29, 0.717) is 5.69 Å². The minimum Gasteiger partial charge on any atom is -0.477 e. The Kier molecular flexibility index (Phi) is 3.85. The van der Waals surface area contributed by atoms with Crippen molar-refractivity contribution < 1.29 is 14.3 Å². The molecule has 21 heavy (non-hydrogen) atoms. The summed E-state index contributed by atoms with van der Waals surface area (Å²) in [5.74, 6) is -1.89. The molecule has 1 heterocycles. The molecule has 0 bridgehead atoms. The number of aromatic carboxylic acids is 1. The predicted molar refractivity (Wildman–Crippen MR) is 72.6 cm³/mol. The third-order valence-corrected chi connectivity index (χ3v) is 3.13. The van der Waals surface area contributed by atoms with Crippen molar-refractivity contribution in [3.8, 4) is 6.07 Å². The Morgan fingerprint density at radius 1 is 1.38 bits per heavy atom. The van der Waals surface area contributed by atoms with Crippen LogP contribution in [0, 0.1) is 24.1 Å². The topological polar surface area (TPSA) is 83.1 Å². The van der Waals surface area contributed by atoms with Crippen LogP contribution in [0.4, 0.5) is 4.39 Å². The highest BCUT2D eigenvalue weighted by molar-refractivity contribution is 5.87. The van der Waals surface area contributed by atoms with Crippen LogP contribution in [0.5, 0.6) is 0 Å². The predicted octanol–water partition coefficient (Wildman–Crippen LogP) is 1.91. The van der Waals surface area contributed by atoms with Crippen LogP contribution in [0.1, 0.15) is 27.2 Å². The van der Waals surface area contributed by atoms with Gasteiger partial charge in [0.25, 0.3) is 5.56 Å². The molecular weight excluding hydrogens is 275 g/mol. The SMILES string of the molecule is Cc1ccc(C(=O)O)c(=O)n1Cc1cc(C#N)ccc1F. The van der Waals surface area contributed by atoms with Crippen molar-refractivity contribution in [2.45, 2.75) is 13.5 Å². The minimum absolute atomic E-state index is 0.132. The van der Waals surface area contributed by atoms with Crippen molar-refractivity contribution in [1.82, 2.24) is 4.57 Å². The first-order chi connectivity index (χ1) is 9.93. The van der Waals surface area contributed by atoms with Crippen LogP contribution in [-0.4, -0.2) is 15.6 Å². The van der Waals surface area contributed by atoms with Gasteiger partial charge >= 0.3 is 5.97 Å². The van der Waals surface area contributed by atoms with E-state index in [-0.39, 0.29) is 23.2 Å². The van der Waals surface area contributed by atoms with Crippen LogP contribution in [0.15, 0.2) is 35.1 Å². The molecule has 5 nitrogen and oxygen atoms in total. The number of aromatic nitrogens is 1. The van der Waals surface area contributed by atoms with E-state index >= 15 is 0 Å². The highest BCUT2D eigenvalue weighted by Crippen LogP contribution is 2.12. The fourth-order valence-corrected chi connectivity index (χ4v) is 1.97. The van der Waals surface area contributed by atoms with E-state index < -0.39 is 17.3 Å². The summed E-state index contributed by atoms with van der Waals surface area (Å²) in [4.78, 5) is 23.1. The maximum absolute atomic E-state index is 13.8. The molecule has 0 saturated heterocycles. The van der Waals surface area contributed by atoms with E-state index in [9.17, 15) is 14.0 Å². The van der Waals surface area contributed by atoms with Gasteiger partial charge < -0.3 is 9.67 Å². The molecule has 1 aromatic carbocycles. The zero-order valence-corrected chi connectivity index (χ0v) is 11.1. The van der Waals surface area contributed by atoms with Crippen LogP contribution in [0.3, 0.4) is 0 Å². The zero-order chi connectivity index (χ0) is 15.6. The van der Waals surface area contributed by atoms with Crippen molar-refractivity contribution in [2.75, 3.05) is 0 Å². The van der Waals surface area contributed by atoms with E-state index in [0.717, 1.165) is 6.07 Å². The van der Waals surface area contributed by atoms with E-state index in [1.807, 2.05) is 6.07 Å². The summed E-state index contributed by atoms with van der Waals surface area (Å²) in [7, 11) is 0. The van der Waals surface area contributed by atoms with Crippen molar-refractivity contribution >= 4 is 5.97 Å². The Morgan fingerprint density at radius 2 is 2.10 bits per heavy atom. The van der Waals surface area contributed by atoms with Gasteiger partial charge in [-0.15, -0.1) is 0 Å². The number of aryl methyl sites for hydroxylation is 1. The Hall–Kier alpha value is -2.94. The summed E-state index contributed by atoms with van der Waals surface area (Å²) < 4.78 is 14.9. The van der Waals surface area contributed by atoms with Gasteiger partial charge in [0.15, 0.2) is 0 Å². The second-order valence-corrected chi connectivity index (χ2v) is 4.50. The molecule has 1 N–H and O–H groups in total. The lowest BCUT2D eigenvalue weighted by Crippen LogP contribution is -2.28. The second-order valence-electron chi connectivity index (χ2n) is 4.50. The molecule has 1 aromatic heterocycles. The molecular formula is C15H11FN2O3. The summed E-state index contributed by atoms with van der Waals surface area (Å²) in [5.41, 5.74) is -0.151. The average molecular weight is 286 g/mol. The van der Waals surface area contributed by atoms with Crippen LogP contribution in [0.2, 0.25) is 0 Å². The first kappa shape index (κ1) is 14.5.